The van der Waals surface area contributed by atoms with Gasteiger partial charge in [-0.3, -0.25) is 4.79 Å². The van der Waals surface area contributed by atoms with Crippen molar-refractivity contribution in [2.24, 2.45) is 5.73 Å². The van der Waals surface area contributed by atoms with E-state index in [2.05, 4.69) is 10.6 Å². The molecule has 4 N–H and O–H groups in total. The van der Waals surface area contributed by atoms with Gasteiger partial charge in [0.05, 0.1) is 0 Å². The zero-order valence-electron chi connectivity index (χ0n) is 13.8. The Morgan fingerprint density at radius 3 is 2.72 bits per heavy atom. The summed E-state index contributed by atoms with van der Waals surface area (Å²) in [6.07, 6.45) is 1.40. The number of aryl methyl sites for hydroxylation is 1. The topological polar surface area (TPSA) is 90.9 Å². The summed E-state index contributed by atoms with van der Waals surface area (Å²) in [7, 11) is 0. The second kappa shape index (κ2) is 8.88. The van der Waals surface area contributed by atoms with Crippen molar-refractivity contribution >= 4 is 23.2 Å². The molecule has 0 saturated heterocycles. The maximum Gasteiger partial charge on any atom is 0.267 e. The monoisotopic (exact) mass is 354 g/mol. The number of carbonyl (C=O) groups excluding carboxylic acids is 1. The van der Waals surface area contributed by atoms with E-state index in [0.717, 1.165) is 16.7 Å². The van der Waals surface area contributed by atoms with Gasteiger partial charge in [-0.05, 0) is 35.7 Å². The number of nitrogens with zero attached hydrogens (tertiary/aromatic N) is 1. The standard InChI is InChI=1S/C19H19ClN4O/c1-13-5-6-17(8-18(13)20)24-19(25)16(10-22)12-23-11-15-4-2-3-14(7-15)9-21/h2-8,12,23H,9,11,21H2,1H3,(H,24,25)/b16-12-. The van der Waals surface area contributed by atoms with Crippen LogP contribution in [0.4, 0.5) is 5.69 Å². The molecule has 6 heteroatoms. The molecular weight excluding hydrogens is 336 g/mol. The van der Waals surface area contributed by atoms with Crippen molar-refractivity contribution in [2.45, 2.75) is 20.0 Å². The molecule has 0 radical (unpaired) electrons. The van der Waals surface area contributed by atoms with Gasteiger partial charge in [-0.25, -0.2) is 0 Å². The van der Waals surface area contributed by atoms with Gasteiger partial charge in [-0.15, -0.1) is 0 Å². The highest BCUT2D eigenvalue weighted by molar-refractivity contribution is 6.31. The highest BCUT2D eigenvalue weighted by atomic mass is 35.5. The number of halogens is 1. The number of hydrogen-bond acceptors (Lipinski definition) is 4. The quantitative estimate of drug-likeness (QED) is 0.548. The fourth-order valence-corrected chi connectivity index (χ4v) is 2.34. The van der Waals surface area contributed by atoms with Crippen LogP contribution in [0.15, 0.2) is 54.2 Å². The predicted octanol–water partition coefficient (Wildman–Crippen LogP) is 3.24. The molecule has 0 heterocycles. The van der Waals surface area contributed by atoms with E-state index in [9.17, 15) is 10.1 Å². The van der Waals surface area contributed by atoms with Gasteiger partial charge in [0.1, 0.15) is 11.6 Å². The van der Waals surface area contributed by atoms with Crippen molar-refractivity contribution in [3.8, 4) is 6.07 Å². The van der Waals surface area contributed by atoms with Crippen LogP contribution in [0.25, 0.3) is 0 Å². The third-order valence-electron chi connectivity index (χ3n) is 3.57. The summed E-state index contributed by atoms with van der Waals surface area (Å²) >= 11 is 6.03. The average molecular weight is 355 g/mol. The summed E-state index contributed by atoms with van der Waals surface area (Å²) in [5, 5.41) is 15.4. The Kier molecular flexibility index (Phi) is 6.58. The summed E-state index contributed by atoms with van der Waals surface area (Å²) < 4.78 is 0. The Hall–Kier alpha value is -2.81. The van der Waals surface area contributed by atoms with Gasteiger partial charge in [0, 0.05) is 30.0 Å². The molecule has 0 aromatic heterocycles. The minimum absolute atomic E-state index is 0.0216. The van der Waals surface area contributed by atoms with Crippen molar-refractivity contribution in [2.75, 3.05) is 5.32 Å². The van der Waals surface area contributed by atoms with Crippen molar-refractivity contribution in [1.29, 1.82) is 5.26 Å². The zero-order valence-corrected chi connectivity index (χ0v) is 14.6. The lowest BCUT2D eigenvalue weighted by atomic mass is 10.1. The van der Waals surface area contributed by atoms with E-state index < -0.39 is 5.91 Å². The van der Waals surface area contributed by atoms with Gasteiger partial charge >= 0.3 is 0 Å². The number of nitriles is 1. The smallest absolute Gasteiger partial charge is 0.267 e. The molecule has 0 saturated carbocycles. The first kappa shape index (κ1) is 18.5. The lowest BCUT2D eigenvalue weighted by Crippen LogP contribution is -2.16. The molecule has 0 bridgehead atoms. The molecule has 2 aromatic rings. The molecule has 1 amide bonds. The molecule has 0 aliphatic heterocycles. The van der Waals surface area contributed by atoms with E-state index in [4.69, 9.17) is 17.3 Å². The van der Waals surface area contributed by atoms with Crippen molar-refractivity contribution < 1.29 is 4.79 Å². The van der Waals surface area contributed by atoms with Crippen LogP contribution in [-0.4, -0.2) is 5.91 Å². The average Bonchev–Trinajstić information content (AvgIpc) is 2.62. The second-order valence-electron chi connectivity index (χ2n) is 5.49. The number of nitrogens with two attached hydrogens (primary N) is 1. The molecule has 2 rings (SSSR count). The van der Waals surface area contributed by atoms with E-state index in [1.165, 1.54) is 6.20 Å². The normalized spacial score (nSPS) is 10.9. The SMILES string of the molecule is Cc1ccc(NC(=O)/C(C#N)=C\NCc2cccc(CN)c2)cc1Cl. The fraction of sp³-hybridized carbons (Fsp3) is 0.158. The van der Waals surface area contributed by atoms with Crippen LogP contribution in [0, 0.1) is 18.3 Å². The molecule has 5 nitrogen and oxygen atoms in total. The molecule has 0 aliphatic carbocycles. The second-order valence-corrected chi connectivity index (χ2v) is 5.90. The third-order valence-corrected chi connectivity index (χ3v) is 3.98. The zero-order chi connectivity index (χ0) is 18.2. The Morgan fingerprint density at radius 2 is 2.04 bits per heavy atom. The number of amides is 1. The van der Waals surface area contributed by atoms with Gasteiger partial charge in [0.15, 0.2) is 0 Å². The number of anilines is 1. The molecule has 0 atom stereocenters. The largest absolute Gasteiger partial charge is 0.386 e. The molecule has 0 fully saturated rings. The van der Waals surface area contributed by atoms with E-state index in [1.54, 1.807) is 18.2 Å². The molecule has 0 spiro atoms. The number of hydrogen-bond donors (Lipinski definition) is 3. The van der Waals surface area contributed by atoms with Crippen molar-refractivity contribution in [3.05, 3.63) is 76.0 Å². The number of rotatable bonds is 6. The van der Waals surface area contributed by atoms with Crippen LogP contribution in [0.1, 0.15) is 16.7 Å². The molecule has 0 unspecified atom stereocenters. The van der Waals surface area contributed by atoms with E-state index in [0.29, 0.717) is 23.8 Å². The van der Waals surface area contributed by atoms with Crippen LogP contribution >= 0.6 is 11.6 Å². The van der Waals surface area contributed by atoms with Gasteiger partial charge in [-0.2, -0.15) is 5.26 Å². The van der Waals surface area contributed by atoms with E-state index in [1.807, 2.05) is 37.3 Å². The predicted molar refractivity (Wildman–Crippen MR) is 99.7 cm³/mol. The number of carbonyl (C=O) groups is 1. The van der Waals surface area contributed by atoms with Crippen LogP contribution in [0.3, 0.4) is 0 Å². The van der Waals surface area contributed by atoms with Crippen LogP contribution in [-0.2, 0) is 17.9 Å². The van der Waals surface area contributed by atoms with Crippen molar-refractivity contribution in [1.82, 2.24) is 5.32 Å². The van der Waals surface area contributed by atoms with Gasteiger partial charge < -0.3 is 16.4 Å². The molecular formula is C19H19ClN4O. The maximum atomic E-state index is 12.2. The minimum Gasteiger partial charge on any atom is -0.386 e. The Labute approximate surface area is 152 Å². The van der Waals surface area contributed by atoms with Crippen LogP contribution < -0.4 is 16.4 Å². The van der Waals surface area contributed by atoms with Gasteiger partial charge in [0.25, 0.3) is 5.91 Å². The highest BCUT2D eigenvalue weighted by Gasteiger charge is 2.10. The van der Waals surface area contributed by atoms with E-state index in [-0.39, 0.29) is 5.57 Å². The number of benzene rings is 2. The Balaban J connectivity index is 1.99. The minimum atomic E-state index is -0.495. The highest BCUT2D eigenvalue weighted by Crippen LogP contribution is 2.20. The molecule has 128 valence electrons. The first-order chi connectivity index (χ1) is 12.0. The van der Waals surface area contributed by atoms with Crippen LogP contribution in [0.2, 0.25) is 5.02 Å². The van der Waals surface area contributed by atoms with Crippen LogP contribution in [0.5, 0.6) is 0 Å². The molecule has 2 aromatic carbocycles. The van der Waals surface area contributed by atoms with E-state index >= 15 is 0 Å². The summed E-state index contributed by atoms with van der Waals surface area (Å²) in [5.74, 6) is -0.495. The summed E-state index contributed by atoms with van der Waals surface area (Å²) in [5.41, 5.74) is 9.09. The van der Waals surface area contributed by atoms with Crippen molar-refractivity contribution in [3.63, 3.8) is 0 Å². The Bertz CT molecular complexity index is 840. The lowest BCUT2D eigenvalue weighted by molar-refractivity contribution is -0.112. The third kappa shape index (κ3) is 5.35. The summed E-state index contributed by atoms with van der Waals surface area (Å²) in [6.45, 7) is 2.83. The lowest BCUT2D eigenvalue weighted by Gasteiger charge is -2.07. The summed E-state index contributed by atoms with van der Waals surface area (Å²) in [6, 6.07) is 14.9. The maximum absolute atomic E-state index is 12.2. The van der Waals surface area contributed by atoms with Gasteiger partial charge in [0.2, 0.25) is 0 Å². The first-order valence-corrected chi connectivity index (χ1v) is 8.10. The summed E-state index contributed by atoms with van der Waals surface area (Å²) in [4.78, 5) is 12.2. The molecule has 0 aliphatic rings. The molecule has 25 heavy (non-hydrogen) atoms. The Morgan fingerprint density at radius 1 is 1.28 bits per heavy atom. The van der Waals surface area contributed by atoms with Gasteiger partial charge in [-0.1, -0.05) is 41.9 Å². The fourth-order valence-electron chi connectivity index (χ4n) is 2.16. The first-order valence-electron chi connectivity index (χ1n) is 7.72. The number of nitrogens with one attached hydrogen (secondary N) is 2.